The van der Waals surface area contributed by atoms with Crippen LogP contribution in [0, 0.1) is 0 Å². The molecule has 4 nitrogen and oxygen atoms in total. The second-order valence-electron chi connectivity index (χ2n) is 3.72. The molecule has 2 heterocycles. The van der Waals surface area contributed by atoms with Gasteiger partial charge in [-0.05, 0) is 0 Å². The highest BCUT2D eigenvalue weighted by Gasteiger charge is 2.52. The van der Waals surface area contributed by atoms with Crippen molar-refractivity contribution in [1.29, 1.82) is 0 Å². The molecule has 0 aliphatic carbocycles. The minimum absolute atomic E-state index is 0. The molecule has 2 aliphatic heterocycles. The van der Waals surface area contributed by atoms with E-state index in [4.69, 9.17) is 0 Å². The third-order valence-electron chi connectivity index (χ3n) is 2.66. The Balaban J connectivity index is 0.000000845. The van der Waals surface area contributed by atoms with Gasteiger partial charge in [0.25, 0.3) is 0 Å². The summed E-state index contributed by atoms with van der Waals surface area (Å²) in [6.07, 6.45) is 5.24. The quantitative estimate of drug-likeness (QED) is 0.390. The summed E-state index contributed by atoms with van der Waals surface area (Å²) >= 11 is 0. The number of rotatable bonds is 0. The van der Waals surface area contributed by atoms with Gasteiger partial charge in [-0.15, -0.1) is 0 Å². The van der Waals surface area contributed by atoms with E-state index < -0.39 is 0 Å². The molecule has 0 spiro atoms. The Bertz CT molecular complexity index is 251. The summed E-state index contributed by atoms with van der Waals surface area (Å²) in [7, 11) is 8.46. The number of hydrogen-bond donors (Lipinski definition) is 0. The highest BCUT2D eigenvalue weighted by molar-refractivity contribution is 5.57. The summed E-state index contributed by atoms with van der Waals surface area (Å²) in [6.45, 7) is 0. The van der Waals surface area contributed by atoms with Crippen LogP contribution in [0.25, 0.3) is 0 Å². The SMILES string of the molecule is CN1C=[N+](C)C2C1N(C)C=[N+]2C.[Cl-].[Cl-]. The summed E-state index contributed by atoms with van der Waals surface area (Å²) in [5, 5.41) is 0. The maximum Gasteiger partial charge on any atom is 0.315 e. The van der Waals surface area contributed by atoms with E-state index in [1.54, 1.807) is 0 Å². The molecule has 0 bridgehead atoms. The van der Waals surface area contributed by atoms with Crippen LogP contribution < -0.4 is 24.8 Å². The van der Waals surface area contributed by atoms with Crippen LogP contribution in [0.2, 0.25) is 0 Å². The topological polar surface area (TPSA) is 12.5 Å². The van der Waals surface area contributed by atoms with Gasteiger partial charge in [0.05, 0.1) is 28.2 Å². The maximum atomic E-state index is 2.24. The average Bonchev–Trinajstić information content (AvgIpc) is 2.38. The van der Waals surface area contributed by atoms with Gasteiger partial charge in [0.2, 0.25) is 12.7 Å². The predicted molar refractivity (Wildman–Crippen MR) is 47.6 cm³/mol. The van der Waals surface area contributed by atoms with E-state index in [9.17, 15) is 0 Å². The van der Waals surface area contributed by atoms with E-state index in [1.807, 2.05) is 0 Å². The Hall–Kier alpha value is -0.480. The second kappa shape index (κ2) is 4.36. The van der Waals surface area contributed by atoms with Crippen molar-refractivity contribution in [1.82, 2.24) is 9.80 Å². The van der Waals surface area contributed by atoms with Gasteiger partial charge in [-0.3, -0.25) is 0 Å². The van der Waals surface area contributed by atoms with Crippen LogP contribution in [0.1, 0.15) is 0 Å². The van der Waals surface area contributed by atoms with Crippen molar-refractivity contribution in [3.63, 3.8) is 0 Å². The van der Waals surface area contributed by atoms with Crippen molar-refractivity contribution in [2.45, 2.75) is 12.3 Å². The largest absolute Gasteiger partial charge is 1.00 e. The van der Waals surface area contributed by atoms with Crippen LogP contribution in [0.5, 0.6) is 0 Å². The van der Waals surface area contributed by atoms with Crippen molar-refractivity contribution in [2.24, 2.45) is 0 Å². The van der Waals surface area contributed by atoms with Gasteiger partial charge in [0, 0.05) is 0 Å². The predicted octanol–water partition coefficient (Wildman–Crippen LogP) is -7.12. The molecule has 0 atom stereocenters. The number of nitrogens with zero attached hydrogens (tertiary/aromatic N) is 4. The van der Waals surface area contributed by atoms with Crippen molar-refractivity contribution in [3.05, 3.63) is 0 Å². The monoisotopic (exact) mass is 238 g/mol. The fourth-order valence-corrected chi connectivity index (χ4v) is 2.26. The first kappa shape index (κ1) is 13.5. The van der Waals surface area contributed by atoms with E-state index in [0.717, 1.165) is 0 Å². The zero-order chi connectivity index (χ0) is 8.88. The first-order valence-corrected chi connectivity index (χ1v) is 4.19. The molecule has 2 rings (SSSR count). The minimum atomic E-state index is 0. The standard InChI is InChI=1S/C8H16N4.2ClH/c1-9-5-10(2)8-7(9)11(3)6-12(8)4;;/h5-8H,1-4H3;2*1H/q+2;;/p-2. The summed E-state index contributed by atoms with van der Waals surface area (Å²) in [6, 6.07) is 0. The van der Waals surface area contributed by atoms with Gasteiger partial charge in [-0.2, -0.15) is 0 Å². The highest BCUT2D eigenvalue weighted by atomic mass is 35.5. The Labute approximate surface area is 97.3 Å². The van der Waals surface area contributed by atoms with Crippen LogP contribution in [0.15, 0.2) is 0 Å². The van der Waals surface area contributed by atoms with Gasteiger partial charge in [0.15, 0.2) is 0 Å². The number of halogens is 2. The lowest BCUT2D eigenvalue weighted by atomic mass is 10.3. The molecule has 0 saturated heterocycles. The van der Waals surface area contributed by atoms with Gasteiger partial charge in [0.1, 0.15) is 0 Å². The molecule has 0 unspecified atom stereocenters. The van der Waals surface area contributed by atoms with Gasteiger partial charge < -0.3 is 24.8 Å². The van der Waals surface area contributed by atoms with Gasteiger partial charge >= 0.3 is 12.3 Å². The van der Waals surface area contributed by atoms with Crippen LogP contribution in [-0.2, 0) is 0 Å². The maximum absolute atomic E-state index is 2.24. The van der Waals surface area contributed by atoms with Crippen molar-refractivity contribution in [3.8, 4) is 0 Å². The minimum Gasteiger partial charge on any atom is -1.00 e. The van der Waals surface area contributed by atoms with E-state index in [0.29, 0.717) is 12.3 Å². The third-order valence-corrected chi connectivity index (χ3v) is 2.66. The van der Waals surface area contributed by atoms with Crippen molar-refractivity contribution in [2.75, 3.05) is 28.2 Å². The Morgan fingerprint density at radius 1 is 0.929 bits per heavy atom. The molecular formula is C8H16Cl2N4. The fourth-order valence-electron chi connectivity index (χ4n) is 2.26. The number of fused-ring (bicyclic) bond motifs is 1. The molecule has 0 aromatic rings. The van der Waals surface area contributed by atoms with E-state index >= 15 is 0 Å². The first-order valence-electron chi connectivity index (χ1n) is 4.19. The smallest absolute Gasteiger partial charge is 0.315 e. The summed E-state index contributed by atoms with van der Waals surface area (Å²) in [5.74, 6) is 0. The van der Waals surface area contributed by atoms with Crippen LogP contribution in [0.3, 0.4) is 0 Å². The summed E-state index contributed by atoms with van der Waals surface area (Å²) in [4.78, 5) is 4.48. The molecule has 0 aromatic heterocycles. The Morgan fingerprint density at radius 2 is 1.29 bits per heavy atom. The number of hydrogen-bond acceptors (Lipinski definition) is 2. The van der Waals surface area contributed by atoms with Crippen molar-refractivity contribution >= 4 is 12.7 Å². The molecule has 0 saturated carbocycles. The zero-order valence-corrected chi connectivity index (χ0v) is 10.4. The Morgan fingerprint density at radius 3 is 1.57 bits per heavy atom. The molecule has 0 aromatic carbocycles. The molecule has 14 heavy (non-hydrogen) atoms. The van der Waals surface area contributed by atoms with Crippen LogP contribution in [0.4, 0.5) is 0 Å². The summed E-state index contributed by atoms with van der Waals surface area (Å²) in [5.41, 5.74) is 0. The highest BCUT2D eigenvalue weighted by Crippen LogP contribution is 2.17. The van der Waals surface area contributed by atoms with Gasteiger partial charge in [-0.1, -0.05) is 0 Å². The van der Waals surface area contributed by atoms with E-state index in [2.05, 4.69) is 59.8 Å². The molecule has 0 N–H and O–H groups in total. The molecule has 0 radical (unpaired) electrons. The van der Waals surface area contributed by atoms with E-state index in [1.165, 1.54) is 0 Å². The fraction of sp³-hybridized carbons (Fsp3) is 0.750. The molecule has 6 heteroatoms. The average molecular weight is 239 g/mol. The number of likely N-dealkylation sites (N-methyl/N-ethyl adjacent to an activating group) is 4. The summed E-state index contributed by atoms with van der Waals surface area (Å²) < 4.78 is 4.48. The molecule has 0 amide bonds. The molecular weight excluding hydrogens is 223 g/mol. The first-order chi connectivity index (χ1) is 5.61. The van der Waals surface area contributed by atoms with E-state index in [-0.39, 0.29) is 24.8 Å². The molecule has 0 fully saturated rings. The lowest BCUT2D eigenvalue weighted by Gasteiger charge is -2.13. The van der Waals surface area contributed by atoms with Gasteiger partial charge in [-0.25, -0.2) is 19.0 Å². The Kier molecular flexibility index (Phi) is 4.21. The van der Waals surface area contributed by atoms with Crippen LogP contribution >= 0.6 is 0 Å². The lowest BCUT2D eigenvalue weighted by Crippen LogP contribution is -3.00. The zero-order valence-electron chi connectivity index (χ0n) is 8.85. The second-order valence-corrected chi connectivity index (χ2v) is 3.72. The van der Waals surface area contributed by atoms with Crippen molar-refractivity contribution < 1.29 is 34.0 Å². The molecule has 2 aliphatic rings. The molecule has 82 valence electrons. The lowest BCUT2D eigenvalue weighted by molar-refractivity contribution is -0.742. The third kappa shape index (κ3) is 1.68. The van der Waals surface area contributed by atoms with Crippen LogP contribution in [-0.4, -0.2) is 72.2 Å². The normalized spacial score (nSPS) is 28.9.